The van der Waals surface area contributed by atoms with Crippen molar-refractivity contribution in [3.8, 4) is 0 Å². The van der Waals surface area contributed by atoms with Crippen LogP contribution in [0.4, 0.5) is 0 Å². The summed E-state index contributed by atoms with van der Waals surface area (Å²) in [4.78, 5) is 0. The molecular weight excluding hydrogens is 254 g/mol. The minimum atomic E-state index is 0.358. The molecule has 2 aliphatic rings. The smallest absolute Gasteiger partial charge is 0.0376 e. The van der Waals surface area contributed by atoms with E-state index < -0.39 is 0 Å². The molecule has 1 fully saturated rings. The van der Waals surface area contributed by atoms with Crippen molar-refractivity contribution in [2.45, 2.75) is 77.8 Å². The van der Waals surface area contributed by atoms with E-state index in [0.29, 0.717) is 17.5 Å². The maximum atomic E-state index is 4.04. The maximum absolute atomic E-state index is 4.04. The van der Waals surface area contributed by atoms with Gasteiger partial charge in [0.1, 0.15) is 0 Å². The van der Waals surface area contributed by atoms with E-state index in [9.17, 15) is 0 Å². The van der Waals surface area contributed by atoms with Crippen LogP contribution in [0.1, 0.15) is 76.5 Å². The van der Waals surface area contributed by atoms with E-state index in [1.54, 1.807) is 11.1 Å². The summed E-state index contributed by atoms with van der Waals surface area (Å²) in [5.41, 5.74) is 3.47. The molecule has 0 amide bonds. The summed E-state index contributed by atoms with van der Waals surface area (Å²) in [7, 11) is 0. The van der Waals surface area contributed by atoms with Gasteiger partial charge in [0.15, 0.2) is 0 Å². The molecule has 1 nitrogen and oxygen atoms in total. The van der Waals surface area contributed by atoms with E-state index in [4.69, 9.17) is 0 Å². The minimum Gasteiger partial charge on any atom is -0.307 e. The van der Waals surface area contributed by atoms with Crippen molar-refractivity contribution in [2.24, 2.45) is 11.3 Å². The molecular formula is C20H31N. The zero-order chi connectivity index (χ0) is 14.9. The molecule has 1 aromatic carbocycles. The molecule has 1 heteroatoms. The first kappa shape index (κ1) is 15.1. The van der Waals surface area contributed by atoms with Crippen LogP contribution in [0.3, 0.4) is 0 Å². The van der Waals surface area contributed by atoms with Gasteiger partial charge < -0.3 is 5.32 Å². The Bertz CT molecular complexity index is 470. The van der Waals surface area contributed by atoms with Crippen LogP contribution in [0, 0.1) is 11.3 Å². The van der Waals surface area contributed by atoms with Gasteiger partial charge in [-0.3, -0.25) is 0 Å². The normalized spacial score (nSPS) is 27.1. The third-order valence-corrected chi connectivity index (χ3v) is 5.97. The first-order valence-corrected chi connectivity index (χ1v) is 8.92. The fraction of sp³-hybridized carbons (Fsp3) is 0.700. The van der Waals surface area contributed by atoms with Crippen LogP contribution in [-0.2, 0) is 6.42 Å². The van der Waals surface area contributed by atoms with Gasteiger partial charge in [0.05, 0.1) is 0 Å². The third-order valence-electron chi connectivity index (χ3n) is 5.97. The molecule has 0 spiro atoms. The Morgan fingerprint density at radius 1 is 1.10 bits per heavy atom. The second kappa shape index (κ2) is 6.12. The highest BCUT2D eigenvalue weighted by atomic mass is 15.0. The summed E-state index contributed by atoms with van der Waals surface area (Å²) in [5.74, 6) is 0.878. The molecule has 0 heterocycles. The highest BCUT2D eigenvalue weighted by molar-refractivity contribution is 5.34. The minimum absolute atomic E-state index is 0.358. The van der Waals surface area contributed by atoms with E-state index in [0.717, 1.165) is 5.92 Å². The van der Waals surface area contributed by atoms with Crippen LogP contribution in [0.25, 0.3) is 0 Å². The van der Waals surface area contributed by atoms with Crippen molar-refractivity contribution in [1.29, 1.82) is 0 Å². The SMILES string of the molecule is C[C@@H](NC1c2ccccc2CCC1(C)C)C1CCCCC1. The van der Waals surface area contributed by atoms with Gasteiger partial charge in [-0.1, -0.05) is 57.4 Å². The van der Waals surface area contributed by atoms with E-state index in [2.05, 4.69) is 50.4 Å². The van der Waals surface area contributed by atoms with Gasteiger partial charge in [-0.2, -0.15) is 0 Å². The standard InChI is InChI=1S/C20H31N/c1-15(16-9-5-4-6-10-16)21-19-18-12-8-7-11-17(18)13-14-20(19,2)3/h7-8,11-12,15-16,19,21H,4-6,9-10,13-14H2,1-3H3/t15-,19?/m1/s1. The van der Waals surface area contributed by atoms with Crippen molar-refractivity contribution in [3.05, 3.63) is 35.4 Å². The van der Waals surface area contributed by atoms with Gasteiger partial charge >= 0.3 is 0 Å². The summed E-state index contributed by atoms with van der Waals surface area (Å²) in [6.07, 6.45) is 9.67. The van der Waals surface area contributed by atoms with Crippen LogP contribution in [0.2, 0.25) is 0 Å². The summed E-state index contributed by atoms with van der Waals surface area (Å²) in [5, 5.41) is 4.04. The molecule has 2 atom stereocenters. The molecule has 2 aliphatic carbocycles. The fourth-order valence-corrected chi connectivity index (χ4v) is 4.41. The van der Waals surface area contributed by atoms with Crippen molar-refractivity contribution >= 4 is 0 Å². The summed E-state index contributed by atoms with van der Waals surface area (Å²) in [6, 6.07) is 10.2. The van der Waals surface area contributed by atoms with Gasteiger partial charge in [0, 0.05) is 12.1 Å². The Labute approximate surface area is 130 Å². The average molecular weight is 285 g/mol. The average Bonchev–Trinajstić information content (AvgIpc) is 2.51. The lowest BCUT2D eigenvalue weighted by molar-refractivity contribution is 0.167. The molecule has 0 aliphatic heterocycles. The highest BCUT2D eigenvalue weighted by Crippen LogP contribution is 2.44. The van der Waals surface area contributed by atoms with Crippen molar-refractivity contribution < 1.29 is 0 Å². The van der Waals surface area contributed by atoms with Crippen LogP contribution in [0.15, 0.2) is 24.3 Å². The van der Waals surface area contributed by atoms with Gasteiger partial charge in [-0.15, -0.1) is 0 Å². The molecule has 1 aromatic rings. The van der Waals surface area contributed by atoms with Crippen LogP contribution in [0.5, 0.6) is 0 Å². The third kappa shape index (κ3) is 3.18. The van der Waals surface area contributed by atoms with Crippen LogP contribution in [-0.4, -0.2) is 6.04 Å². The highest BCUT2D eigenvalue weighted by Gasteiger charge is 2.37. The number of hydrogen-bond acceptors (Lipinski definition) is 1. The summed E-state index contributed by atoms with van der Waals surface area (Å²) >= 11 is 0. The lowest BCUT2D eigenvalue weighted by Gasteiger charge is -2.43. The van der Waals surface area contributed by atoms with Crippen LogP contribution >= 0.6 is 0 Å². The van der Waals surface area contributed by atoms with E-state index in [1.165, 1.54) is 44.9 Å². The van der Waals surface area contributed by atoms with Gasteiger partial charge in [0.25, 0.3) is 0 Å². The lowest BCUT2D eigenvalue weighted by atomic mass is 9.69. The predicted molar refractivity (Wildman–Crippen MR) is 90.5 cm³/mol. The van der Waals surface area contributed by atoms with Gasteiger partial charge in [-0.25, -0.2) is 0 Å². The number of hydrogen-bond donors (Lipinski definition) is 1. The first-order chi connectivity index (χ1) is 10.1. The Hall–Kier alpha value is -0.820. The Balaban J connectivity index is 1.78. The number of aryl methyl sites for hydroxylation is 1. The fourth-order valence-electron chi connectivity index (χ4n) is 4.41. The Kier molecular flexibility index (Phi) is 4.40. The first-order valence-electron chi connectivity index (χ1n) is 8.92. The number of benzene rings is 1. The number of rotatable bonds is 3. The van der Waals surface area contributed by atoms with Crippen molar-refractivity contribution in [1.82, 2.24) is 5.32 Å². The Morgan fingerprint density at radius 2 is 1.81 bits per heavy atom. The monoisotopic (exact) mass is 285 g/mol. The zero-order valence-electron chi connectivity index (χ0n) is 14.0. The van der Waals surface area contributed by atoms with Gasteiger partial charge in [0.2, 0.25) is 0 Å². The lowest BCUT2D eigenvalue weighted by Crippen LogP contribution is -2.45. The molecule has 0 saturated heterocycles. The predicted octanol–water partition coefficient (Wildman–Crippen LogP) is 5.26. The van der Waals surface area contributed by atoms with Crippen molar-refractivity contribution in [3.63, 3.8) is 0 Å². The molecule has 0 bridgehead atoms. The quantitative estimate of drug-likeness (QED) is 0.799. The molecule has 3 rings (SSSR count). The molecule has 0 radical (unpaired) electrons. The second-order valence-corrected chi connectivity index (χ2v) is 7.97. The Morgan fingerprint density at radius 3 is 2.57 bits per heavy atom. The number of nitrogens with one attached hydrogen (secondary N) is 1. The molecule has 1 saturated carbocycles. The summed E-state index contributed by atoms with van der Waals surface area (Å²) < 4.78 is 0. The van der Waals surface area contributed by atoms with Crippen molar-refractivity contribution in [2.75, 3.05) is 0 Å². The van der Waals surface area contributed by atoms with Crippen LogP contribution < -0.4 is 5.32 Å². The molecule has 116 valence electrons. The summed E-state index contributed by atoms with van der Waals surface area (Å²) in [6.45, 7) is 7.30. The largest absolute Gasteiger partial charge is 0.307 e. The molecule has 21 heavy (non-hydrogen) atoms. The zero-order valence-corrected chi connectivity index (χ0v) is 14.0. The second-order valence-electron chi connectivity index (χ2n) is 7.97. The van der Waals surface area contributed by atoms with E-state index in [1.807, 2.05) is 0 Å². The topological polar surface area (TPSA) is 12.0 Å². The van der Waals surface area contributed by atoms with E-state index >= 15 is 0 Å². The van der Waals surface area contributed by atoms with Gasteiger partial charge in [-0.05, 0) is 55.1 Å². The molecule has 0 aromatic heterocycles. The molecule has 1 N–H and O–H groups in total. The maximum Gasteiger partial charge on any atom is 0.0376 e. The number of fused-ring (bicyclic) bond motifs is 1. The van der Waals surface area contributed by atoms with E-state index in [-0.39, 0.29) is 0 Å². The molecule has 1 unspecified atom stereocenters.